The van der Waals surface area contributed by atoms with E-state index >= 15 is 0 Å². The molecule has 4 fully saturated rings. The average Bonchev–Trinajstić information content (AvgIpc) is 3.07. The maximum absolute atomic E-state index is 13.5. The molecule has 3 atom stereocenters. The van der Waals surface area contributed by atoms with Gasteiger partial charge in [-0.2, -0.15) is 5.10 Å². The Morgan fingerprint density at radius 1 is 1.00 bits per heavy atom. The van der Waals surface area contributed by atoms with E-state index in [2.05, 4.69) is 72.8 Å². The van der Waals surface area contributed by atoms with Crippen LogP contribution >= 0.6 is 15.9 Å². The molecule has 1 aromatic heterocycles. The van der Waals surface area contributed by atoms with Gasteiger partial charge >= 0.3 is 0 Å². The van der Waals surface area contributed by atoms with Gasteiger partial charge in [-0.3, -0.25) is 24.5 Å². The first-order valence-electron chi connectivity index (χ1n) is 16.8. The lowest BCUT2D eigenvalue weighted by atomic mass is 9.71. The molecule has 2 N–H and O–H groups in total. The second-order valence-corrected chi connectivity index (χ2v) is 15.0. The highest BCUT2D eigenvalue weighted by Gasteiger charge is 2.45. The van der Waals surface area contributed by atoms with Gasteiger partial charge in [0.05, 0.1) is 17.8 Å². The number of likely N-dealkylation sites (tertiary alicyclic amines) is 2. The van der Waals surface area contributed by atoms with Crippen LogP contribution in [0.5, 0.6) is 0 Å². The van der Waals surface area contributed by atoms with Crippen molar-refractivity contribution in [2.45, 2.75) is 50.0 Å². The third-order valence-electron chi connectivity index (χ3n) is 10.7. The highest BCUT2D eigenvalue weighted by Crippen LogP contribution is 2.43. The third-order valence-corrected chi connectivity index (χ3v) is 11.5. The smallest absolute Gasteiger partial charge is 0.282 e. The Morgan fingerprint density at radius 3 is 2.48 bits per heavy atom. The van der Waals surface area contributed by atoms with E-state index < -0.39 is 0 Å². The Bertz CT molecular complexity index is 1780. The molecule has 0 aliphatic carbocycles. The molecule has 3 unspecified atom stereocenters. The molecule has 48 heavy (non-hydrogen) atoms. The number of rotatable bonds is 6. The molecule has 11 nitrogen and oxygen atoms in total. The fraction of sp³-hybridized carbons (Fsp3) is 0.472. The molecule has 0 bridgehead atoms. The summed E-state index contributed by atoms with van der Waals surface area (Å²) in [4.78, 5) is 56.5. The lowest BCUT2D eigenvalue weighted by Crippen LogP contribution is -2.61. The number of hydrogen-bond donors (Lipinski definition) is 2. The molecular weight excluding hydrogens is 674 g/mol. The van der Waals surface area contributed by atoms with Crippen molar-refractivity contribution in [2.75, 3.05) is 56.5 Å². The summed E-state index contributed by atoms with van der Waals surface area (Å²) in [5, 5.41) is 10.1. The number of aryl methyl sites for hydroxylation is 1. The van der Waals surface area contributed by atoms with E-state index in [1.165, 1.54) is 10.2 Å². The van der Waals surface area contributed by atoms with E-state index in [0.29, 0.717) is 28.9 Å². The van der Waals surface area contributed by atoms with E-state index in [1.54, 1.807) is 13.2 Å². The maximum atomic E-state index is 13.5. The Hall–Kier alpha value is -4.03. The van der Waals surface area contributed by atoms with Crippen LogP contribution in [0.2, 0.25) is 0 Å². The predicted molar refractivity (Wildman–Crippen MR) is 187 cm³/mol. The zero-order chi connectivity index (χ0) is 33.6. The molecule has 1 spiro atoms. The summed E-state index contributed by atoms with van der Waals surface area (Å²) in [6.07, 6.45) is 5.47. The molecule has 4 aliphatic heterocycles. The van der Waals surface area contributed by atoms with Gasteiger partial charge in [0, 0.05) is 75.4 Å². The van der Waals surface area contributed by atoms with Crippen LogP contribution < -0.4 is 21.1 Å². The predicted octanol–water partition coefficient (Wildman–Crippen LogP) is 3.71. The number of carbonyl (C=O) groups excluding carboxylic acids is 3. The number of benzene rings is 2. The van der Waals surface area contributed by atoms with Crippen LogP contribution in [0.15, 0.2) is 64.0 Å². The standard InChI is InChI=1S/C36H42BrN7O4/c1-41-19-26(16-27(20-41)39-30-18-38-42(2)35(48)32(30)37)23-6-8-24(9-7-23)34(47)43-14-12-36(13-15-43)21-44(22-36)28-5-3-4-25(17-28)29-10-11-31(45)40-33(29)46/h3-9,17-18,26-27,29,39H,10-16,19-22H2,1-2H3,(H,40,45,46). The molecule has 3 aromatic rings. The zero-order valence-electron chi connectivity index (χ0n) is 27.5. The van der Waals surface area contributed by atoms with Crippen molar-refractivity contribution < 1.29 is 14.4 Å². The molecule has 7 rings (SSSR count). The van der Waals surface area contributed by atoms with Crippen LogP contribution in [0.3, 0.4) is 0 Å². The van der Waals surface area contributed by atoms with Crippen molar-refractivity contribution in [2.24, 2.45) is 12.5 Å². The third kappa shape index (κ3) is 6.52. The summed E-state index contributed by atoms with van der Waals surface area (Å²) in [7, 11) is 3.74. The van der Waals surface area contributed by atoms with Crippen molar-refractivity contribution in [3.63, 3.8) is 0 Å². The molecule has 3 amide bonds. The van der Waals surface area contributed by atoms with Gasteiger partial charge < -0.3 is 20.0 Å². The number of piperidine rings is 3. The molecule has 0 radical (unpaired) electrons. The van der Waals surface area contributed by atoms with E-state index in [4.69, 9.17) is 0 Å². The summed E-state index contributed by atoms with van der Waals surface area (Å²) in [6, 6.07) is 16.5. The molecule has 2 aromatic carbocycles. The van der Waals surface area contributed by atoms with Gasteiger partial charge in [0.1, 0.15) is 4.47 Å². The molecule has 4 saturated heterocycles. The highest BCUT2D eigenvalue weighted by atomic mass is 79.9. The first-order chi connectivity index (χ1) is 23.1. The maximum Gasteiger partial charge on any atom is 0.282 e. The monoisotopic (exact) mass is 715 g/mol. The van der Waals surface area contributed by atoms with Gasteiger partial charge in [-0.05, 0) is 90.0 Å². The summed E-state index contributed by atoms with van der Waals surface area (Å²) < 4.78 is 1.80. The largest absolute Gasteiger partial charge is 0.379 e. The fourth-order valence-corrected chi connectivity index (χ4v) is 8.45. The number of anilines is 2. The van der Waals surface area contributed by atoms with Crippen LogP contribution in [0.4, 0.5) is 11.4 Å². The van der Waals surface area contributed by atoms with Gasteiger partial charge in [-0.1, -0.05) is 24.3 Å². The second-order valence-electron chi connectivity index (χ2n) is 14.2. The van der Waals surface area contributed by atoms with Crippen LogP contribution in [0.1, 0.15) is 65.4 Å². The summed E-state index contributed by atoms with van der Waals surface area (Å²) >= 11 is 3.42. The summed E-state index contributed by atoms with van der Waals surface area (Å²) in [6.45, 7) is 5.17. The zero-order valence-corrected chi connectivity index (χ0v) is 29.0. The first kappa shape index (κ1) is 32.5. The van der Waals surface area contributed by atoms with Gasteiger partial charge in [0.15, 0.2) is 0 Å². The van der Waals surface area contributed by atoms with Crippen molar-refractivity contribution in [3.05, 3.63) is 86.2 Å². The van der Waals surface area contributed by atoms with E-state index in [0.717, 1.165) is 75.3 Å². The number of likely N-dealkylation sites (N-methyl/N-ethyl adjacent to an activating group) is 1. The van der Waals surface area contributed by atoms with Crippen LogP contribution in [0, 0.1) is 5.41 Å². The van der Waals surface area contributed by atoms with Crippen molar-refractivity contribution in [1.29, 1.82) is 0 Å². The molecule has 12 heteroatoms. The molecule has 0 saturated carbocycles. The number of halogens is 1. The second kappa shape index (κ2) is 13.1. The normalized spacial score (nSPS) is 24.3. The molecular formula is C36H42BrN7O4. The lowest BCUT2D eigenvalue weighted by Gasteiger charge is -2.55. The van der Waals surface area contributed by atoms with Crippen LogP contribution in [0.25, 0.3) is 0 Å². The Balaban J connectivity index is 0.922. The number of carbonyl (C=O) groups is 3. The van der Waals surface area contributed by atoms with E-state index in [9.17, 15) is 19.2 Å². The van der Waals surface area contributed by atoms with Gasteiger partial charge in [-0.15, -0.1) is 0 Å². The Morgan fingerprint density at radius 2 is 1.75 bits per heavy atom. The van der Waals surface area contributed by atoms with E-state index in [1.807, 2.05) is 29.2 Å². The number of imide groups is 1. The van der Waals surface area contributed by atoms with E-state index in [-0.39, 0.29) is 40.7 Å². The number of amides is 3. The minimum absolute atomic E-state index is 0.0906. The Labute approximate surface area is 288 Å². The minimum Gasteiger partial charge on any atom is -0.379 e. The SMILES string of the molecule is CN1CC(Nc2cnn(C)c(=O)c2Br)CC(c2ccc(C(=O)N3CCC4(CC3)CN(c3cccc(C5CCC(=O)NC5=O)c3)C4)cc2)C1. The average molecular weight is 717 g/mol. The minimum atomic E-state index is -0.280. The number of nitrogens with zero attached hydrogens (tertiary/aromatic N) is 5. The summed E-state index contributed by atoms with van der Waals surface area (Å²) in [5.41, 5.74) is 4.75. The Kier molecular flexibility index (Phi) is 8.88. The highest BCUT2D eigenvalue weighted by molar-refractivity contribution is 9.10. The van der Waals surface area contributed by atoms with Crippen molar-refractivity contribution in [1.82, 2.24) is 24.9 Å². The van der Waals surface area contributed by atoms with Gasteiger partial charge in [0.2, 0.25) is 11.8 Å². The number of hydrogen-bond acceptors (Lipinski definition) is 8. The fourth-order valence-electron chi connectivity index (χ4n) is 7.97. The molecule has 5 heterocycles. The lowest BCUT2D eigenvalue weighted by molar-refractivity contribution is -0.134. The summed E-state index contributed by atoms with van der Waals surface area (Å²) in [5.74, 6) is -0.293. The number of nitrogens with one attached hydrogen (secondary N) is 2. The number of aromatic nitrogens is 2. The molecule has 252 valence electrons. The topological polar surface area (TPSA) is 120 Å². The van der Waals surface area contributed by atoms with Crippen LogP contribution in [-0.4, -0.2) is 89.7 Å². The molecule has 4 aliphatic rings. The van der Waals surface area contributed by atoms with Crippen molar-refractivity contribution >= 4 is 45.0 Å². The first-order valence-corrected chi connectivity index (χ1v) is 17.6. The van der Waals surface area contributed by atoms with Crippen molar-refractivity contribution in [3.8, 4) is 0 Å². The van der Waals surface area contributed by atoms with Gasteiger partial charge in [0.25, 0.3) is 11.5 Å². The quantitative estimate of drug-likeness (QED) is 0.371. The van der Waals surface area contributed by atoms with Crippen LogP contribution in [-0.2, 0) is 16.6 Å². The van der Waals surface area contributed by atoms with Gasteiger partial charge in [-0.25, -0.2) is 4.68 Å².